The van der Waals surface area contributed by atoms with Crippen LogP contribution in [0.1, 0.15) is 145 Å². The van der Waals surface area contributed by atoms with Crippen LogP contribution >= 0.6 is 0 Å². The average Bonchev–Trinajstić information content (AvgIpc) is 3.76. The number of allylic oxidation sites excluding steroid dienone is 1. The Labute approximate surface area is 330 Å². The molecule has 6 N–H and O–H groups in total. The lowest BCUT2D eigenvalue weighted by molar-refractivity contribution is -0.152. The number of carbonyl (C=O) groups excluding carboxylic acids is 5. The highest BCUT2D eigenvalue weighted by Gasteiger charge is 2.59. The van der Waals surface area contributed by atoms with Crippen molar-refractivity contribution in [2.45, 2.75) is 169 Å². The first-order chi connectivity index (χ1) is 25.9. The summed E-state index contributed by atoms with van der Waals surface area (Å²) >= 11 is 0. The van der Waals surface area contributed by atoms with Gasteiger partial charge in [-0.05, 0) is 123 Å². The van der Waals surface area contributed by atoms with E-state index < -0.39 is 41.8 Å². The maximum Gasteiger partial charge on any atom is 0.325 e. The summed E-state index contributed by atoms with van der Waals surface area (Å²) in [5.74, 6) is 2.40. The van der Waals surface area contributed by atoms with Gasteiger partial charge >= 0.3 is 5.97 Å². The van der Waals surface area contributed by atoms with E-state index >= 15 is 0 Å². The third kappa shape index (κ3) is 9.78. The molecule has 4 fully saturated rings. The van der Waals surface area contributed by atoms with Crippen molar-refractivity contribution in [1.82, 2.24) is 15.5 Å². The maximum atomic E-state index is 13.7. The Bertz CT molecular complexity index is 1450. The molecule has 5 aliphatic rings. The predicted molar refractivity (Wildman–Crippen MR) is 214 cm³/mol. The van der Waals surface area contributed by atoms with Crippen molar-refractivity contribution in [2.24, 2.45) is 63.7 Å². The number of carbonyl (C=O) groups is 5. The fourth-order valence-electron chi connectivity index (χ4n) is 11.9. The Balaban J connectivity index is 1.12. The minimum Gasteiger partial charge on any atom is -0.461 e. The molecule has 1 saturated heterocycles. The van der Waals surface area contributed by atoms with Crippen molar-refractivity contribution in [3.63, 3.8) is 0 Å². The fraction of sp³-hybridized carbons (Fsp3) is 0.841. The first-order valence-corrected chi connectivity index (χ1v) is 21.8. The monoisotopic (exact) mass is 768 g/mol. The van der Waals surface area contributed by atoms with Gasteiger partial charge in [-0.1, -0.05) is 73.0 Å². The van der Waals surface area contributed by atoms with Crippen LogP contribution in [0, 0.1) is 52.3 Å². The first kappa shape index (κ1) is 43.2. The van der Waals surface area contributed by atoms with Crippen LogP contribution in [0.5, 0.6) is 0 Å². The number of rotatable bonds is 16. The van der Waals surface area contributed by atoms with E-state index in [0.717, 1.165) is 55.3 Å². The van der Waals surface area contributed by atoms with Gasteiger partial charge in [0.2, 0.25) is 23.6 Å². The fourth-order valence-corrected chi connectivity index (χ4v) is 11.9. The number of nitrogens with two attached hydrogens (primary N) is 2. The third-order valence-corrected chi connectivity index (χ3v) is 14.9. The summed E-state index contributed by atoms with van der Waals surface area (Å²) in [5.41, 5.74) is 13.2. The number of likely N-dealkylation sites (tertiary alicyclic amines) is 1. The van der Waals surface area contributed by atoms with Gasteiger partial charge in [0.25, 0.3) is 0 Å². The third-order valence-electron chi connectivity index (χ3n) is 14.9. The molecule has 11 heteroatoms. The maximum absolute atomic E-state index is 13.7. The zero-order valence-corrected chi connectivity index (χ0v) is 35.0. The SMILES string of the molecule is CC(C)CC[C@@H](C)[C@H]1CC[C@H]2[C@@H]3CC=C4C[C@H](OC(=O)CNC(=O)[C@@H]5CCCN5C(=O)[C@H](CC(C)C)NC(=O)[C@@H](N)CCC(N)=O)CC[C@]4(C)[C@H]3CC[C@]12C. The lowest BCUT2D eigenvalue weighted by Crippen LogP contribution is -2.56. The van der Waals surface area contributed by atoms with E-state index in [1.54, 1.807) is 0 Å². The largest absolute Gasteiger partial charge is 0.461 e. The normalized spacial score (nSPS) is 33.1. The highest BCUT2D eigenvalue weighted by molar-refractivity contribution is 5.94. The summed E-state index contributed by atoms with van der Waals surface area (Å²) in [7, 11) is 0. The van der Waals surface area contributed by atoms with E-state index in [1.165, 1.54) is 49.0 Å². The number of nitrogens with zero attached hydrogens (tertiary/aromatic N) is 1. The zero-order chi connectivity index (χ0) is 40.2. The van der Waals surface area contributed by atoms with E-state index in [-0.39, 0.29) is 42.7 Å². The molecule has 4 amide bonds. The second-order valence-corrected chi connectivity index (χ2v) is 19.5. The Morgan fingerprint density at radius 3 is 2.36 bits per heavy atom. The molecule has 55 heavy (non-hydrogen) atoms. The summed E-state index contributed by atoms with van der Waals surface area (Å²) in [5, 5.41) is 5.49. The van der Waals surface area contributed by atoms with Gasteiger partial charge in [-0.2, -0.15) is 0 Å². The van der Waals surface area contributed by atoms with Crippen molar-refractivity contribution in [2.75, 3.05) is 13.1 Å². The smallest absolute Gasteiger partial charge is 0.325 e. The molecule has 0 unspecified atom stereocenters. The average molecular weight is 768 g/mol. The van der Waals surface area contributed by atoms with Gasteiger partial charge in [0.1, 0.15) is 24.7 Å². The molecule has 0 aromatic rings. The Hall–Kier alpha value is -2.95. The highest BCUT2D eigenvalue weighted by Crippen LogP contribution is 2.67. The molecule has 310 valence electrons. The number of ether oxygens (including phenoxy) is 1. The molecule has 3 saturated carbocycles. The molecular formula is C44H73N5O6. The predicted octanol–water partition coefficient (Wildman–Crippen LogP) is 5.78. The summed E-state index contributed by atoms with van der Waals surface area (Å²) in [6.07, 6.45) is 15.6. The van der Waals surface area contributed by atoms with E-state index in [2.05, 4.69) is 51.3 Å². The van der Waals surface area contributed by atoms with Crippen molar-refractivity contribution >= 4 is 29.6 Å². The second kappa shape index (κ2) is 18.1. The summed E-state index contributed by atoms with van der Waals surface area (Å²) in [6, 6.07) is -2.61. The minimum absolute atomic E-state index is 0.0360. The zero-order valence-electron chi connectivity index (χ0n) is 35.0. The number of primary amides is 1. The molecule has 0 bridgehead atoms. The molecule has 4 aliphatic carbocycles. The van der Waals surface area contributed by atoms with Crippen molar-refractivity contribution in [1.29, 1.82) is 0 Å². The van der Waals surface area contributed by atoms with E-state index in [4.69, 9.17) is 16.2 Å². The van der Waals surface area contributed by atoms with Crippen molar-refractivity contribution in [3.8, 4) is 0 Å². The standard InChI is InChI=1S/C44H73N5O6/c1-26(2)10-11-28(5)32-14-15-33-31-13-12-29-24-30(18-20-43(29,6)34(31)19-21-44(32,33)7)55-39(51)25-47-41(53)37-9-8-22-49(37)42(54)36(23-27(3)4)48-40(52)35(45)16-17-38(46)50/h12,26-28,30-37H,8-11,13-25,45H2,1-7H3,(H2,46,50)(H,47,53)(H,48,52)/t28-,30-,31+,32-,33+,34+,35+,36+,37+,43+,44-/m1/s1. The lowest BCUT2D eigenvalue weighted by Gasteiger charge is -2.58. The van der Waals surface area contributed by atoms with E-state index in [9.17, 15) is 24.0 Å². The molecule has 0 radical (unpaired) electrons. The topological polar surface area (TPSA) is 174 Å². The van der Waals surface area contributed by atoms with Crippen LogP contribution in [0.15, 0.2) is 11.6 Å². The van der Waals surface area contributed by atoms with Gasteiger partial charge in [0.15, 0.2) is 0 Å². The van der Waals surface area contributed by atoms with Crippen LogP contribution in [-0.2, 0) is 28.7 Å². The number of hydrogen-bond acceptors (Lipinski definition) is 7. The van der Waals surface area contributed by atoms with E-state index in [1.807, 2.05) is 13.8 Å². The van der Waals surface area contributed by atoms with Gasteiger partial charge in [-0.15, -0.1) is 0 Å². The number of fused-ring (bicyclic) bond motifs is 5. The van der Waals surface area contributed by atoms with Crippen LogP contribution in [0.3, 0.4) is 0 Å². The number of amides is 4. The van der Waals surface area contributed by atoms with Crippen molar-refractivity contribution < 1.29 is 28.7 Å². The van der Waals surface area contributed by atoms with Gasteiger partial charge in [0, 0.05) is 19.4 Å². The van der Waals surface area contributed by atoms with Gasteiger partial charge in [-0.3, -0.25) is 24.0 Å². The number of hydrogen-bond donors (Lipinski definition) is 4. The summed E-state index contributed by atoms with van der Waals surface area (Å²) in [6.45, 7) is 16.3. The van der Waals surface area contributed by atoms with Gasteiger partial charge in [0.05, 0.1) is 6.04 Å². The van der Waals surface area contributed by atoms with Crippen LogP contribution in [0.25, 0.3) is 0 Å². The van der Waals surface area contributed by atoms with Crippen LogP contribution < -0.4 is 22.1 Å². The first-order valence-electron chi connectivity index (χ1n) is 21.8. The van der Waals surface area contributed by atoms with Crippen LogP contribution in [-0.4, -0.2) is 71.8 Å². The number of nitrogens with one attached hydrogen (secondary N) is 2. The lowest BCUT2D eigenvalue weighted by atomic mass is 9.47. The van der Waals surface area contributed by atoms with Crippen molar-refractivity contribution in [3.05, 3.63) is 11.6 Å². The molecule has 11 nitrogen and oxygen atoms in total. The van der Waals surface area contributed by atoms with Gasteiger partial charge in [-0.25, -0.2) is 0 Å². The Morgan fingerprint density at radius 1 is 0.927 bits per heavy atom. The summed E-state index contributed by atoms with van der Waals surface area (Å²) < 4.78 is 5.99. The number of esters is 1. The molecule has 0 aromatic heterocycles. The van der Waals surface area contributed by atoms with Gasteiger partial charge < -0.3 is 31.7 Å². The van der Waals surface area contributed by atoms with Crippen LogP contribution in [0.2, 0.25) is 0 Å². The molecule has 0 spiro atoms. The second-order valence-electron chi connectivity index (χ2n) is 19.5. The van der Waals surface area contributed by atoms with E-state index in [0.29, 0.717) is 37.1 Å². The Kier molecular flexibility index (Phi) is 14.2. The van der Waals surface area contributed by atoms with Crippen LogP contribution in [0.4, 0.5) is 0 Å². The molecule has 1 aliphatic heterocycles. The molecule has 5 rings (SSSR count). The Morgan fingerprint density at radius 2 is 1.67 bits per heavy atom. The molecule has 0 aromatic carbocycles. The minimum atomic E-state index is -0.986. The quantitative estimate of drug-likeness (QED) is 0.114. The summed E-state index contributed by atoms with van der Waals surface area (Å²) in [4.78, 5) is 65.7. The molecule has 1 heterocycles. The highest BCUT2D eigenvalue weighted by atomic mass is 16.5. The molecular weight excluding hydrogens is 695 g/mol. The molecule has 11 atom stereocenters.